The Kier molecular flexibility index (Phi) is 6.65. The van der Waals surface area contributed by atoms with Crippen LogP contribution >= 0.6 is 12.4 Å². The van der Waals surface area contributed by atoms with Gasteiger partial charge < -0.3 is 25.0 Å². The molecule has 2 aliphatic heterocycles. The first kappa shape index (κ1) is 22.1. The van der Waals surface area contributed by atoms with E-state index in [1.54, 1.807) is 16.9 Å². The summed E-state index contributed by atoms with van der Waals surface area (Å²) in [6.07, 6.45) is 0.600. The predicted octanol–water partition coefficient (Wildman–Crippen LogP) is 2.07. The molecule has 0 saturated carbocycles. The number of carbonyl (C=O) groups is 2. The van der Waals surface area contributed by atoms with E-state index in [-0.39, 0.29) is 36.9 Å². The highest BCUT2D eigenvalue weighted by Crippen LogP contribution is 2.41. The van der Waals surface area contributed by atoms with Crippen molar-refractivity contribution in [2.75, 3.05) is 32.3 Å². The smallest absolute Gasteiger partial charge is 0.250 e. The second-order valence-corrected chi connectivity index (χ2v) is 7.42. The minimum atomic E-state index is -0.753. The Balaban J connectivity index is 0.00000256. The van der Waals surface area contributed by atoms with Crippen molar-refractivity contribution in [2.24, 2.45) is 5.73 Å². The molecular formula is C22H26ClN3O4. The zero-order valence-electron chi connectivity index (χ0n) is 17.0. The molecule has 2 N–H and O–H groups in total. The summed E-state index contributed by atoms with van der Waals surface area (Å²) in [7, 11) is 3.10. The van der Waals surface area contributed by atoms with Crippen LogP contribution in [0.2, 0.25) is 0 Å². The molecule has 30 heavy (non-hydrogen) atoms. The molecule has 7 nitrogen and oxygen atoms in total. The van der Waals surface area contributed by atoms with Gasteiger partial charge >= 0.3 is 0 Å². The molecule has 2 aromatic rings. The molecule has 0 spiro atoms. The lowest BCUT2D eigenvalue weighted by Crippen LogP contribution is -2.56. The van der Waals surface area contributed by atoms with E-state index >= 15 is 0 Å². The summed E-state index contributed by atoms with van der Waals surface area (Å²) >= 11 is 0. The van der Waals surface area contributed by atoms with Crippen LogP contribution in [0.3, 0.4) is 0 Å². The van der Waals surface area contributed by atoms with Gasteiger partial charge in [0.1, 0.15) is 17.8 Å². The van der Waals surface area contributed by atoms with Gasteiger partial charge in [0.05, 0.1) is 25.4 Å². The molecule has 2 aliphatic rings. The van der Waals surface area contributed by atoms with Crippen LogP contribution in [-0.2, 0) is 14.3 Å². The fraction of sp³-hybridized carbons (Fsp3) is 0.364. The SMILES string of the molecule is COC[C@@H](N)C(=O)N1C[C@@H]2C[C@H]1C(=O)N2c1cc(-c2ccccc2)ccc1OC.Cl. The number of hydrogen-bond donors (Lipinski definition) is 1. The number of amides is 2. The van der Waals surface area contributed by atoms with Crippen molar-refractivity contribution in [3.63, 3.8) is 0 Å². The average Bonchev–Trinajstić information content (AvgIpc) is 3.31. The van der Waals surface area contributed by atoms with E-state index < -0.39 is 12.1 Å². The van der Waals surface area contributed by atoms with Gasteiger partial charge in [-0.1, -0.05) is 36.4 Å². The molecule has 0 aliphatic carbocycles. The Morgan fingerprint density at radius 1 is 1.17 bits per heavy atom. The van der Waals surface area contributed by atoms with Gasteiger partial charge in [0.15, 0.2) is 0 Å². The fourth-order valence-corrected chi connectivity index (χ4v) is 4.29. The van der Waals surface area contributed by atoms with Crippen molar-refractivity contribution in [3.8, 4) is 16.9 Å². The third kappa shape index (κ3) is 3.76. The molecule has 160 valence electrons. The van der Waals surface area contributed by atoms with Crippen molar-refractivity contribution in [2.45, 2.75) is 24.5 Å². The number of fused-ring (bicyclic) bond motifs is 2. The van der Waals surface area contributed by atoms with Crippen LogP contribution in [0.15, 0.2) is 48.5 Å². The maximum absolute atomic E-state index is 13.2. The van der Waals surface area contributed by atoms with Crippen LogP contribution in [0, 0.1) is 0 Å². The molecule has 2 fully saturated rings. The summed E-state index contributed by atoms with van der Waals surface area (Å²) in [6, 6.07) is 14.5. The molecule has 2 heterocycles. The number of benzene rings is 2. The van der Waals surface area contributed by atoms with Crippen LogP contribution in [-0.4, -0.2) is 62.2 Å². The van der Waals surface area contributed by atoms with Gasteiger partial charge in [-0.25, -0.2) is 0 Å². The quantitative estimate of drug-likeness (QED) is 0.756. The topological polar surface area (TPSA) is 85.1 Å². The average molecular weight is 432 g/mol. The van der Waals surface area contributed by atoms with Crippen molar-refractivity contribution >= 4 is 29.9 Å². The number of rotatable bonds is 6. The van der Waals surface area contributed by atoms with Crippen LogP contribution in [0.1, 0.15) is 6.42 Å². The van der Waals surface area contributed by atoms with Crippen molar-refractivity contribution < 1.29 is 19.1 Å². The highest BCUT2D eigenvalue weighted by atomic mass is 35.5. The molecule has 0 radical (unpaired) electrons. The van der Waals surface area contributed by atoms with Crippen LogP contribution in [0.4, 0.5) is 5.69 Å². The Hall–Kier alpha value is -2.61. The highest BCUT2D eigenvalue weighted by molar-refractivity contribution is 6.05. The maximum Gasteiger partial charge on any atom is 0.250 e. The Labute approximate surface area is 182 Å². The van der Waals surface area contributed by atoms with Gasteiger partial charge in [-0.2, -0.15) is 0 Å². The zero-order valence-corrected chi connectivity index (χ0v) is 17.8. The van der Waals surface area contributed by atoms with E-state index in [0.717, 1.165) is 16.8 Å². The third-order valence-electron chi connectivity index (χ3n) is 5.66. The lowest BCUT2D eigenvalue weighted by molar-refractivity contribution is -0.140. The van der Waals surface area contributed by atoms with Crippen molar-refractivity contribution in [1.82, 2.24) is 4.90 Å². The first-order valence-electron chi connectivity index (χ1n) is 9.66. The number of likely N-dealkylation sites (tertiary alicyclic amines) is 1. The molecule has 2 bridgehead atoms. The summed E-state index contributed by atoms with van der Waals surface area (Å²) in [5.41, 5.74) is 8.71. The van der Waals surface area contributed by atoms with E-state index in [4.69, 9.17) is 15.2 Å². The Morgan fingerprint density at radius 3 is 2.53 bits per heavy atom. The van der Waals surface area contributed by atoms with E-state index in [1.165, 1.54) is 7.11 Å². The zero-order chi connectivity index (χ0) is 20.5. The molecule has 2 amide bonds. The van der Waals surface area contributed by atoms with Gasteiger partial charge in [0, 0.05) is 13.7 Å². The van der Waals surface area contributed by atoms with E-state index in [9.17, 15) is 9.59 Å². The molecule has 3 atom stereocenters. The number of ether oxygens (including phenoxy) is 2. The molecule has 8 heteroatoms. The number of nitrogens with two attached hydrogens (primary N) is 1. The number of methoxy groups -OCH3 is 2. The van der Waals surface area contributed by atoms with Crippen LogP contribution in [0.5, 0.6) is 5.75 Å². The molecule has 2 aromatic carbocycles. The van der Waals surface area contributed by atoms with E-state index in [1.807, 2.05) is 48.5 Å². The number of hydrogen-bond acceptors (Lipinski definition) is 5. The largest absolute Gasteiger partial charge is 0.495 e. The number of piperazine rings is 1. The fourth-order valence-electron chi connectivity index (χ4n) is 4.29. The number of nitrogens with zero attached hydrogens (tertiary/aromatic N) is 2. The van der Waals surface area contributed by atoms with Crippen LogP contribution in [0.25, 0.3) is 11.1 Å². The first-order valence-corrected chi connectivity index (χ1v) is 9.66. The standard InChI is InChI=1S/C22H25N3O4.ClH/c1-28-13-17(23)21(26)24-12-16-11-19(24)22(27)25(16)18-10-15(8-9-20(18)29-2)14-6-4-3-5-7-14;/h3-10,16-17,19H,11-13,23H2,1-2H3;1H/t16-,17+,19-;/m0./s1. The van der Waals surface area contributed by atoms with Crippen molar-refractivity contribution in [1.29, 1.82) is 0 Å². The van der Waals surface area contributed by atoms with Gasteiger partial charge in [0.2, 0.25) is 11.8 Å². The first-order chi connectivity index (χ1) is 14.0. The number of halogens is 1. The molecule has 2 saturated heterocycles. The summed E-state index contributed by atoms with van der Waals surface area (Å²) in [5.74, 6) is 0.305. The molecule has 0 aromatic heterocycles. The van der Waals surface area contributed by atoms with E-state index in [0.29, 0.717) is 18.7 Å². The maximum atomic E-state index is 13.2. The van der Waals surface area contributed by atoms with Gasteiger partial charge in [-0.15, -0.1) is 12.4 Å². The molecular weight excluding hydrogens is 406 g/mol. The lowest BCUT2D eigenvalue weighted by Gasteiger charge is -2.35. The van der Waals surface area contributed by atoms with Crippen molar-refractivity contribution in [3.05, 3.63) is 48.5 Å². The minimum Gasteiger partial charge on any atom is -0.495 e. The monoisotopic (exact) mass is 431 g/mol. The number of carbonyl (C=O) groups excluding carboxylic acids is 2. The normalized spacial score (nSPS) is 20.8. The summed E-state index contributed by atoms with van der Waals surface area (Å²) < 4.78 is 10.5. The predicted molar refractivity (Wildman–Crippen MR) is 117 cm³/mol. The van der Waals surface area contributed by atoms with Gasteiger partial charge in [-0.3, -0.25) is 9.59 Å². The molecule has 0 unspecified atom stereocenters. The summed E-state index contributed by atoms with van der Waals surface area (Å²) in [5, 5.41) is 0. The number of anilines is 1. The summed E-state index contributed by atoms with van der Waals surface area (Å²) in [6.45, 7) is 0.600. The Morgan fingerprint density at radius 2 is 1.90 bits per heavy atom. The van der Waals surface area contributed by atoms with Crippen LogP contribution < -0.4 is 15.4 Å². The van der Waals surface area contributed by atoms with Gasteiger partial charge in [-0.05, 0) is 29.7 Å². The highest BCUT2D eigenvalue weighted by Gasteiger charge is 2.52. The summed E-state index contributed by atoms with van der Waals surface area (Å²) in [4.78, 5) is 29.2. The van der Waals surface area contributed by atoms with Gasteiger partial charge in [0.25, 0.3) is 0 Å². The Bertz CT molecular complexity index is 924. The minimum absolute atomic E-state index is 0. The molecule has 4 rings (SSSR count). The second-order valence-electron chi connectivity index (χ2n) is 7.42. The lowest BCUT2D eigenvalue weighted by atomic mass is 10.0. The van der Waals surface area contributed by atoms with E-state index in [2.05, 4.69) is 0 Å². The third-order valence-corrected chi connectivity index (χ3v) is 5.66. The second kappa shape index (κ2) is 9.04.